The van der Waals surface area contributed by atoms with E-state index in [1.54, 1.807) is 18.2 Å². The van der Waals surface area contributed by atoms with Crippen molar-refractivity contribution in [3.8, 4) is 0 Å². The quantitative estimate of drug-likeness (QED) is 0.596. The third kappa shape index (κ3) is 6.16. The molecule has 1 heterocycles. The predicted molar refractivity (Wildman–Crippen MR) is 114 cm³/mol. The summed E-state index contributed by atoms with van der Waals surface area (Å²) in [6.45, 7) is 6.11. The van der Waals surface area contributed by atoms with E-state index in [1.165, 1.54) is 4.31 Å². The van der Waals surface area contributed by atoms with Crippen LogP contribution in [-0.2, 0) is 14.8 Å². The molecule has 0 aromatic heterocycles. The van der Waals surface area contributed by atoms with Crippen molar-refractivity contribution >= 4 is 27.6 Å². The number of carbonyl (C=O) groups excluding carboxylic acids is 2. The normalized spacial score (nSPS) is 22.4. The van der Waals surface area contributed by atoms with E-state index in [0.717, 1.165) is 18.4 Å². The molecule has 2 fully saturated rings. The van der Waals surface area contributed by atoms with Gasteiger partial charge in [-0.1, -0.05) is 6.07 Å². The second-order valence-corrected chi connectivity index (χ2v) is 10.1. The number of benzene rings is 1. The molecule has 3 amide bonds. The third-order valence-corrected chi connectivity index (χ3v) is 6.89. The number of sulfonamides is 1. The zero-order valence-corrected chi connectivity index (χ0v) is 18.4. The van der Waals surface area contributed by atoms with Crippen LogP contribution in [0.15, 0.2) is 18.2 Å². The van der Waals surface area contributed by atoms with E-state index in [-0.39, 0.29) is 36.5 Å². The van der Waals surface area contributed by atoms with Gasteiger partial charge in [0, 0.05) is 36.9 Å². The summed E-state index contributed by atoms with van der Waals surface area (Å²) in [5.74, 6) is -0.358. The number of amides is 3. The van der Waals surface area contributed by atoms with Gasteiger partial charge in [-0.05, 0) is 51.3 Å². The molecule has 1 aliphatic heterocycles. The maximum Gasteiger partial charge on any atom is 0.319 e. The van der Waals surface area contributed by atoms with Gasteiger partial charge >= 0.3 is 6.03 Å². The minimum Gasteiger partial charge on any atom is -0.373 e. The number of ether oxygens (including phenoxy) is 1. The van der Waals surface area contributed by atoms with E-state index in [4.69, 9.17) is 4.74 Å². The molecule has 1 saturated heterocycles. The first-order valence-corrected chi connectivity index (χ1v) is 11.8. The Bertz CT molecular complexity index is 890. The second-order valence-electron chi connectivity index (χ2n) is 8.05. The molecule has 9 nitrogen and oxygen atoms in total. The lowest BCUT2D eigenvalue weighted by Gasteiger charge is -2.34. The third-order valence-electron chi connectivity index (χ3n) is 5.09. The van der Waals surface area contributed by atoms with Crippen molar-refractivity contribution in [1.82, 2.24) is 14.9 Å². The molecule has 10 heteroatoms. The van der Waals surface area contributed by atoms with Crippen LogP contribution in [-0.4, -0.2) is 68.3 Å². The molecule has 1 aromatic rings. The highest BCUT2D eigenvalue weighted by atomic mass is 32.2. The van der Waals surface area contributed by atoms with Crippen molar-refractivity contribution in [1.29, 1.82) is 0 Å². The lowest BCUT2D eigenvalue weighted by Crippen LogP contribution is -2.49. The van der Waals surface area contributed by atoms with Crippen molar-refractivity contribution in [2.24, 2.45) is 0 Å². The molecule has 3 rings (SSSR count). The highest BCUT2D eigenvalue weighted by Crippen LogP contribution is 2.21. The molecule has 166 valence electrons. The average molecular weight is 439 g/mol. The number of anilines is 1. The SMILES string of the molecule is Cc1ccc(C(=O)NC2CC2)cc1NC(=O)NCCS(=O)(=O)N1CC(C)OC(C)C1. The first-order chi connectivity index (χ1) is 14.1. The van der Waals surface area contributed by atoms with Crippen LogP contribution in [0, 0.1) is 6.92 Å². The Kier molecular flexibility index (Phi) is 6.99. The summed E-state index contributed by atoms with van der Waals surface area (Å²) in [6, 6.07) is 4.84. The summed E-state index contributed by atoms with van der Waals surface area (Å²) in [7, 11) is -3.49. The summed E-state index contributed by atoms with van der Waals surface area (Å²) in [5, 5.41) is 8.19. The lowest BCUT2D eigenvalue weighted by molar-refractivity contribution is -0.0440. The van der Waals surface area contributed by atoms with Gasteiger partial charge in [0.2, 0.25) is 10.0 Å². The first-order valence-electron chi connectivity index (χ1n) is 10.2. The van der Waals surface area contributed by atoms with Gasteiger partial charge in [-0.3, -0.25) is 4.79 Å². The largest absolute Gasteiger partial charge is 0.373 e. The molecule has 1 saturated carbocycles. The fourth-order valence-corrected chi connectivity index (χ4v) is 4.83. The molecule has 1 aliphatic carbocycles. The molecule has 30 heavy (non-hydrogen) atoms. The van der Waals surface area contributed by atoms with Crippen LogP contribution < -0.4 is 16.0 Å². The van der Waals surface area contributed by atoms with Crippen molar-refractivity contribution in [2.75, 3.05) is 30.7 Å². The Morgan fingerprint density at radius 3 is 2.47 bits per heavy atom. The molecule has 2 aliphatic rings. The van der Waals surface area contributed by atoms with Gasteiger partial charge in [-0.25, -0.2) is 13.2 Å². The Hall–Kier alpha value is -2.17. The molecule has 2 unspecified atom stereocenters. The predicted octanol–water partition coefficient (Wildman–Crippen LogP) is 1.45. The average Bonchev–Trinajstić information content (AvgIpc) is 3.46. The van der Waals surface area contributed by atoms with Crippen molar-refractivity contribution in [2.45, 2.75) is 51.9 Å². The zero-order valence-electron chi connectivity index (χ0n) is 17.6. The van der Waals surface area contributed by atoms with Crippen LogP contribution >= 0.6 is 0 Å². The summed E-state index contributed by atoms with van der Waals surface area (Å²) >= 11 is 0. The minimum absolute atomic E-state index is 0.0187. The van der Waals surface area contributed by atoms with Gasteiger partial charge in [0.15, 0.2) is 0 Å². The van der Waals surface area contributed by atoms with E-state index < -0.39 is 16.1 Å². The number of urea groups is 1. The summed E-state index contributed by atoms with van der Waals surface area (Å²) in [4.78, 5) is 24.5. The van der Waals surface area contributed by atoms with E-state index in [1.807, 2.05) is 20.8 Å². The lowest BCUT2D eigenvalue weighted by atomic mass is 10.1. The van der Waals surface area contributed by atoms with E-state index in [0.29, 0.717) is 24.3 Å². The van der Waals surface area contributed by atoms with Crippen LogP contribution in [0.4, 0.5) is 10.5 Å². The van der Waals surface area contributed by atoms with E-state index in [9.17, 15) is 18.0 Å². The summed E-state index contributed by atoms with van der Waals surface area (Å²) in [5.41, 5.74) is 1.78. The first kappa shape index (κ1) is 22.5. The molecule has 0 spiro atoms. The number of carbonyl (C=O) groups is 2. The van der Waals surface area contributed by atoms with Gasteiger partial charge in [0.05, 0.1) is 18.0 Å². The number of aryl methyl sites for hydroxylation is 1. The fraction of sp³-hybridized carbons (Fsp3) is 0.600. The van der Waals surface area contributed by atoms with Crippen LogP contribution in [0.2, 0.25) is 0 Å². The second kappa shape index (κ2) is 9.32. The molecule has 3 N–H and O–H groups in total. The van der Waals surface area contributed by atoms with E-state index in [2.05, 4.69) is 16.0 Å². The van der Waals surface area contributed by atoms with Gasteiger partial charge < -0.3 is 20.7 Å². The maximum atomic E-state index is 12.5. The van der Waals surface area contributed by atoms with Gasteiger partial charge in [0.1, 0.15) is 0 Å². The van der Waals surface area contributed by atoms with Gasteiger partial charge in [0.25, 0.3) is 5.91 Å². The smallest absolute Gasteiger partial charge is 0.319 e. The number of nitrogens with zero attached hydrogens (tertiary/aromatic N) is 1. The Balaban J connectivity index is 1.51. The summed E-state index contributed by atoms with van der Waals surface area (Å²) < 4.78 is 32.1. The standard InChI is InChI=1S/C20H30N4O5S/c1-13-4-5-16(19(25)22-17-6-7-17)10-18(13)23-20(26)21-8-9-30(27,28)24-11-14(2)29-15(3)12-24/h4-5,10,14-15,17H,6-9,11-12H2,1-3H3,(H,22,25)(H2,21,23,26). The number of nitrogens with one attached hydrogen (secondary N) is 3. The molecule has 2 atom stereocenters. The number of rotatable bonds is 7. The molecule has 0 radical (unpaired) electrons. The zero-order chi connectivity index (χ0) is 21.9. The Morgan fingerprint density at radius 1 is 1.17 bits per heavy atom. The van der Waals surface area contributed by atoms with Crippen molar-refractivity contribution in [3.05, 3.63) is 29.3 Å². The van der Waals surface area contributed by atoms with Crippen molar-refractivity contribution < 1.29 is 22.7 Å². The Morgan fingerprint density at radius 2 is 1.83 bits per heavy atom. The van der Waals surface area contributed by atoms with Crippen LogP contribution in [0.1, 0.15) is 42.6 Å². The monoisotopic (exact) mass is 438 g/mol. The number of morpholine rings is 1. The molecule has 1 aromatic carbocycles. The van der Waals surface area contributed by atoms with E-state index >= 15 is 0 Å². The van der Waals surface area contributed by atoms with Crippen LogP contribution in [0.25, 0.3) is 0 Å². The molecule has 0 bridgehead atoms. The topological polar surface area (TPSA) is 117 Å². The number of hydrogen-bond acceptors (Lipinski definition) is 5. The van der Waals surface area contributed by atoms with Crippen molar-refractivity contribution in [3.63, 3.8) is 0 Å². The highest BCUT2D eigenvalue weighted by molar-refractivity contribution is 7.89. The number of hydrogen-bond donors (Lipinski definition) is 3. The highest BCUT2D eigenvalue weighted by Gasteiger charge is 2.30. The Labute approximate surface area is 177 Å². The minimum atomic E-state index is -3.49. The van der Waals surface area contributed by atoms with Crippen LogP contribution in [0.3, 0.4) is 0 Å². The fourth-order valence-electron chi connectivity index (χ4n) is 3.34. The maximum absolute atomic E-state index is 12.5. The van der Waals surface area contributed by atoms with Gasteiger partial charge in [-0.2, -0.15) is 4.31 Å². The molecular weight excluding hydrogens is 408 g/mol. The molecular formula is C20H30N4O5S. The van der Waals surface area contributed by atoms with Crippen LogP contribution in [0.5, 0.6) is 0 Å². The summed E-state index contributed by atoms with van der Waals surface area (Å²) in [6.07, 6.45) is 1.67. The van der Waals surface area contributed by atoms with Gasteiger partial charge in [-0.15, -0.1) is 0 Å².